The van der Waals surface area contributed by atoms with Gasteiger partial charge >= 0.3 is 0 Å². The second-order valence-corrected chi connectivity index (χ2v) is 12.6. The largest absolute Gasteiger partial charge is 0.379 e. The van der Waals surface area contributed by atoms with Crippen molar-refractivity contribution in [3.63, 3.8) is 0 Å². The Hall–Kier alpha value is -3.67. The van der Waals surface area contributed by atoms with E-state index in [-0.39, 0.29) is 48.5 Å². The maximum Gasteiger partial charge on any atom is 0.290 e. The number of nitrogens with two attached hydrogens (primary N) is 1. The van der Waals surface area contributed by atoms with Crippen molar-refractivity contribution < 1.29 is 37.7 Å². The van der Waals surface area contributed by atoms with Crippen LogP contribution < -0.4 is 16.6 Å². The number of benzene rings is 1. The van der Waals surface area contributed by atoms with Crippen LogP contribution in [0.3, 0.4) is 0 Å². The van der Waals surface area contributed by atoms with Gasteiger partial charge in [-0.3, -0.25) is 23.9 Å². The lowest BCUT2D eigenvalue weighted by Gasteiger charge is -2.34. The number of alkyl halides is 1. The van der Waals surface area contributed by atoms with Gasteiger partial charge in [-0.15, -0.1) is 11.6 Å². The number of nitrogen functional groups attached to an aromatic ring is 1. The number of likely N-dealkylation sites (tertiary alicyclic amines) is 1. The topological polar surface area (TPSA) is 185 Å². The number of fused-ring (bicyclic) bond motifs is 1. The summed E-state index contributed by atoms with van der Waals surface area (Å²) in [6.07, 6.45) is 6.31. The minimum Gasteiger partial charge on any atom is -0.379 e. The minimum atomic E-state index is -0.736. The van der Waals surface area contributed by atoms with E-state index in [1.54, 1.807) is 12.1 Å². The Kier molecular flexibility index (Phi) is 18.2. The molecule has 1 aromatic carbocycles. The van der Waals surface area contributed by atoms with E-state index in [2.05, 4.69) is 20.3 Å². The van der Waals surface area contributed by atoms with Gasteiger partial charge in [0.25, 0.3) is 11.5 Å². The number of imidazole rings is 1. The number of nitrogens with zero attached hydrogens (tertiary/aromatic N) is 4. The van der Waals surface area contributed by atoms with E-state index >= 15 is 0 Å². The van der Waals surface area contributed by atoms with Crippen molar-refractivity contribution in [2.45, 2.75) is 57.5 Å². The first-order valence-corrected chi connectivity index (χ1v) is 18.5. The number of hydrogen-bond acceptors (Lipinski definition) is 11. The Morgan fingerprint density at radius 1 is 0.865 bits per heavy atom. The zero-order chi connectivity index (χ0) is 37.0. The minimum absolute atomic E-state index is 0.0612. The molecule has 1 saturated heterocycles. The number of halogens is 2. The summed E-state index contributed by atoms with van der Waals surface area (Å²) in [5, 5.41) is 2.86. The number of carbonyl (C=O) groups is 2. The van der Waals surface area contributed by atoms with E-state index in [9.17, 15) is 18.8 Å². The van der Waals surface area contributed by atoms with E-state index in [0.717, 1.165) is 44.6 Å². The van der Waals surface area contributed by atoms with Crippen LogP contribution in [0.2, 0.25) is 0 Å². The number of carbonyl (C=O) groups excluding carboxylic acids is 2. The smallest absolute Gasteiger partial charge is 0.290 e. The molecule has 0 radical (unpaired) electrons. The number of piperidine rings is 1. The second kappa shape index (κ2) is 23.1. The van der Waals surface area contributed by atoms with Crippen LogP contribution in [0.15, 0.2) is 29.1 Å². The van der Waals surface area contributed by atoms with Crippen molar-refractivity contribution in [2.75, 3.05) is 90.8 Å². The number of ether oxygens (including phenoxy) is 5. The quantitative estimate of drug-likeness (QED) is 0.0855. The average Bonchev–Trinajstić information content (AvgIpc) is 3.50. The van der Waals surface area contributed by atoms with E-state index in [1.165, 1.54) is 21.6 Å². The predicted molar refractivity (Wildman–Crippen MR) is 193 cm³/mol. The maximum absolute atomic E-state index is 14.0. The van der Waals surface area contributed by atoms with Crippen LogP contribution in [-0.2, 0) is 35.0 Å². The number of H-pyrrole nitrogens is 1. The van der Waals surface area contributed by atoms with Gasteiger partial charge in [-0.05, 0) is 49.8 Å². The standard InChI is InChI=1S/C35H51ClFN7O8/c36-12-4-1-2-6-15-48-17-19-50-21-23-52-24-22-51-20-18-49-16-13-39-32(45)28-7-3-5-14-43(28)34(47)31-40-29-30(41-35(38)42-33(29)46)44(31)25-26-8-10-27(37)11-9-26/h8-11,28H,1-7,12-25H2,(H,39,45)(H3,38,41,42,46). The summed E-state index contributed by atoms with van der Waals surface area (Å²) in [6.45, 7) is 5.36. The average molecular weight is 752 g/mol. The van der Waals surface area contributed by atoms with Gasteiger partial charge in [0, 0.05) is 25.6 Å². The summed E-state index contributed by atoms with van der Waals surface area (Å²) in [5.74, 6) is -0.719. The lowest BCUT2D eigenvalue weighted by Crippen LogP contribution is -2.52. The van der Waals surface area contributed by atoms with Gasteiger partial charge in [-0.1, -0.05) is 25.0 Å². The molecule has 1 aliphatic heterocycles. The van der Waals surface area contributed by atoms with Gasteiger partial charge in [-0.2, -0.15) is 4.98 Å². The van der Waals surface area contributed by atoms with Gasteiger partial charge in [0.2, 0.25) is 17.7 Å². The molecule has 0 saturated carbocycles. The van der Waals surface area contributed by atoms with Crippen LogP contribution in [0.1, 0.15) is 61.1 Å². The van der Waals surface area contributed by atoms with Gasteiger partial charge in [0.1, 0.15) is 11.9 Å². The highest BCUT2D eigenvalue weighted by Crippen LogP contribution is 2.22. The van der Waals surface area contributed by atoms with Crippen LogP contribution in [0, 0.1) is 5.82 Å². The fourth-order valence-electron chi connectivity index (χ4n) is 5.69. The van der Waals surface area contributed by atoms with E-state index in [4.69, 9.17) is 41.0 Å². The molecule has 1 aliphatic rings. The molecule has 1 atom stereocenters. The Morgan fingerprint density at radius 2 is 1.48 bits per heavy atom. The third-order valence-corrected chi connectivity index (χ3v) is 8.61. The van der Waals surface area contributed by atoms with Crippen molar-refractivity contribution in [2.24, 2.45) is 0 Å². The molecule has 0 bridgehead atoms. The molecule has 1 unspecified atom stereocenters. The van der Waals surface area contributed by atoms with Crippen LogP contribution >= 0.6 is 11.6 Å². The molecular formula is C35H51ClFN7O8. The molecule has 3 heterocycles. The molecule has 2 amide bonds. The number of aromatic amines is 1. The number of aromatic nitrogens is 4. The molecule has 17 heteroatoms. The summed E-state index contributed by atoms with van der Waals surface area (Å²) < 4.78 is 42.7. The van der Waals surface area contributed by atoms with Gasteiger partial charge in [0.15, 0.2) is 11.2 Å². The maximum atomic E-state index is 14.0. The van der Waals surface area contributed by atoms with Crippen molar-refractivity contribution >= 4 is 40.5 Å². The molecule has 4 N–H and O–H groups in total. The fourth-order valence-corrected chi connectivity index (χ4v) is 5.88. The lowest BCUT2D eigenvalue weighted by molar-refractivity contribution is -0.126. The summed E-state index contributed by atoms with van der Waals surface area (Å²) in [7, 11) is 0. The highest BCUT2D eigenvalue weighted by Gasteiger charge is 2.35. The van der Waals surface area contributed by atoms with Gasteiger partial charge in [-0.25, -0.2) is 9.37 Å². The molecule has 2 aromatic heterocycles. The monoisotopic (exact) mass is 751 g/mol. The summed E-state index contributed by atoms with van der Waals surface area (Å²) >= 11 is 5.66. The van der Waals surface area contributed by atoms with E-state index in [1.807, 2.05) is 0 Å². The van der Waals surface area contributed by atoms with Crippen molar-refractivity contribution in [3.8, 4) is 0 Å². The SMILES string of the molecule is Nc1nc2c(nc(C(=O)N3CCCCC3C(=O)NCCOCCOCCOCCOCCOCCCCCCCl)n2Cc2ccc(F)cc2)c(=O)[nH]1. The Bertz CT molecular complexity index is 1580. The Balaban J connectivity index is 1.12. The fraction of sp³-hybridized carbons (Fsp3) is 0.629. The molecule has 288 valence electrons. The molecule has 52 heavy (non-hydrogen) atoms. The third kappa shape index (κ3) is 13.4. The molecule has 0 spiro atoms. The lowest BCUT2D eigenvalue weighted by atomic mass is 10.0. The first kappa shape index (κ1) is 41.1. The first-order chi connectivity index (χ1) is 25.4. The predicted octanol–water partition coefficient (Wildman–Crippen LogP) is 2.88. The Labute approximate surface area is 307 Å². The van der Waals surface area contributed by atoms with Crippen LogP contribution in [0.5, 0.6) is 0 Å². The van der Waals surface area contributed by atoms with Crippen LogP contribution in [-0.4, -0.2) is 127 Å². The van der Waals surface area contributed by atoms with Crippen molar-refractivity contribution in [1.29, 1.82) is 0 Å². The highest BCUT2D eigenvalue weighted by molar-refractivity contribution is 6.17. The number of nitrogens with one attached hydrogen (secondary N) is 2. The third-order valence-electron chi connectivity index (χ3n) is 8.34. The van der Waals surface area contributed by atoms with Crippen molar-refractivity contribution in [3.05, 3.63) is 51.8 Å². The van der Waals surface area contributed by atoms with E-state index < -0.39 is 23.3 Å². The highest BCUT2D eigenvalue weighted by atomic mass is 35.5. The normalized spacial score (nSPS) is 14.7. The molecule has 4 rings (SSSR count). The number of unbranched alkanes of at least 4 members (excludes halogenated alkanes) is 3. The number of amides is 2. The zero-order valence-electron chi connectivity index (χ0n) is 29.6. The summed E-state index contributed by atoms with van der Waals surface area (Å²) in [4.78, 5) is 52.4. The first-order valence-electron chi connectivity index (χ1n) is 17.9. The van der Waals surface area contributed by atoms with Gasteiger partial charge in [0.05, 0.1) is 66.0 Å². The molecule has 0 aliphatic carbocycles. The summed E-state index contributed by atoms with van der Waals surface area (Å²) in [6, 6.07) is 5.00. The zero-order valence-corrected chi connectivity index (χ0v) is 30.4. The van der Waals surface area contributed by atoms with E-state index in [0.29, 0.717) is 77.8 Å². The molecule has 3 aromatic rings. The number of anilines is 1. The van der Waals surface area contributed by atoms with Crippen LogP contribution in [0.4, 0.5) is 10.3 Å². The Morgan fingerprint density at radius 3 is 2.13 bits per heavy atom. The van der Waals surface area contributed by atoms with Crippen molar-refractivity contribution in [1.82, 2.24) is 29.7 Å². The number of hydrogen-bond donors (Lipinski definition) is 3. The van der Waals surface area contributed by atoms with Gasteiger partial charge < -0.3 is 39.6 Å². The molecule has 1 fully saturated rings. The second-order valence-electron chi connectivity index (χ2n) is 12.2. The molecule has 15 nitrogen and oxygen atoms in total. The van der Waals surface area contributed by atoms with Crippen LogP contribution in [0.25, 0.3) is 11.2 Å². The number of rotatable bonds is 25. The molecular weight excluding hydrogens is 701 g/mol. The summed E-state index contributed by atoms with van der Waals surface area (Å²) in [5.41, 5.74) is 5.92.